The van der Waals surface area contributed by atoms with Crippen LogP contribution in [0.15, 0.2) is 66.4 Å². The maximum Gasteiger partial charge on any atom is 0.301 e. The Morgan fingerprint density at radius 3 is 2.59 bits per heavy atom. The van der Waals surface area contributed by atoms with Gasteiger partial charge < -0.3 is 24.4 Å². The summed E-state index contributed by atoms with van der Waals surface area (Å²) in [5.74, 6) is -0.830. The predicted octanol–water partition coefficient (Wildman–Crippen LogP) is 3.19. The lowest BCUT2D eigenvalue weighted by Crippen LogP contribution is -2.30. The van der Waals surface area contributed by atoms with Crippen LogP contribution in [0.5, 0.6) is 23.0 Å². The first-order valence-electron chi connectivity index (χ1n) is 10.5. The van der Waals surface area contributed by atoms with Crippen molar-refractivity contribution < 1.29 is 34.0 Å². The number of fused-ring (bicyclic) bond motifs is 1. The summed E-state index contributed by atoms with van der Waals surface area (Å²) in [6, 6.07) is 13.2. The van der Waals surface area contributed by atoms with Gasteiger partial charge in [0.25, 0.3) is 5.78 Å². The number of anilines is 1. The molecule has 2 aromatic carbocycles. The van der Waals surface area contributed by atoms with Gasteiger partial charge in [0, 0.05) is 11.8 Å². The number of amides is 1. The maximum atomic E-state index is 13.2. The number of aliphatic hydroxyl groups is 1. The van der Waals surface area contributed by atoms with Gasteiger partial charge in [-0.2, -0.15) is 0 Å². The van der Waals surface area contributed by atoms with E-state index in [-0.39, 0.29) is 28.6 Å². The molecule has 1 saturated heterocycles. The molecule has 2 aliphatic heterocycles. The van der Waals surface area contributed by atoms with Gasteiger partial charge in [-0.25, -0.2) is 4.98 Å². The lowest BCUT2D eigenvalue weighted by molar-refractivity contribution is -0.132. The molecule has 9 heteroatoms. The summed E-state index contributed by atoms with van der Waals surface area (Å²) < 4.78 is 16.3. The monoisotopic (exact) mass is 460 g/mol. The number of aromatic nitrogens is 1. The molecule has 1 fully saturated rings. The van der Waals surface area contributed by atoms with Gasteiger partial charge in [0.15, 0.2) is 23.0 Å². The highest BCUT2D eigenvalue weighted by atomic mass is 16.6. The van der Waals surface area contributed by atoms with Crippen molar-refractivity contribution in [1.29, 1.82) is 0 Å². The van der Waals surface area contributed by atoms with E-state index in [0.717, 1.165) is 0 Å². The molecule has 1 amide bonds. The van der Waals surface area contributed by atoms with Crippen molar-refractivity contribution >= 4 is 23.3 Å². The smallest absolute Gasteiger partial charge is 0.301 e. The van der Waals surface area contributed by atoms with Crippen molar-refractivity contribution in [3.05, 3.63) is 77.5 Å². The number of pyridine rings is 1. The fourth-order valence-corrected chi connectivity index (χ4v) is 4.09. The van der Waals surface area contributed by atoms with Gasteiger partial charge in [0.05, 0.1) is 18.7 Å². The lowest BCUT2D eigenvalue weighted by Gasteiger charge is -2.25. The molecule has 0 bridgehead atoms. The van der Waals surface area contributed by atoms with Crippen LogP contribution in [-0.4, -0.2) is 47.2 Å². The molecule has 9 nitrogen and oxygen atoms in total. The number of carbonyl (C=O) groups is 2. The quantitative estimate of drug-likeness (QED) is 0.346. The van der Waals surface area contributed by atoms with E-state index in [2.05, 4.69) is 4.98 Å². The second-order valence-electron chi connectivity index (χ2n) is 7.65. The molecular formula is C25H20N2O7. The molecule has 2 N–H and O–H groups in total. The standard InChI is InChI=1S/C25H20N2O7/c1-32-18-12-14(5-7-16(18)28)22-21(24(30)25(31)27(22)20-4-2-3-9-26-20)23(29)15-6-8-17-19(13-15)34-11-10-33-17/h2-9,12-13,22,28-29H,10-11H2,1H3/b23-21+. The second kappa shape index (κ2) is 8.43. The van der Waals surface area contributed by atoms with Crippen LogP contribution in [0.4, 0.5) is 5.82 Å². The number of rotatable bonds is 4. The number of aromatic hydroxyl groups is 1. The number of aliphatic hydroxyl groups excluding tert-OH is 1. The largest absolute Gasteiger partial charge is 0.507 e. The average Bonchev–Trinajstić information content (AvgIpc) is 3.14. The van der Waals surface area contributed by atoms with E-state index in [9.17, 15) is 19.8 Å². The average molecular weight is 460 g/mol. The Morgan fingerprint density at radius 1 is 1.06 bits per heavy atom. The molecule has 1 aromatic heterocycles. The van der Waals surface area contributed by atoms with E-state index in [1.54, 1.807) is 42.5 Å². The summed E-state index contributed by atoms with van der Waals surface area (Å²) in [6.45, 7) is 0.769. The molecule has 3 heterocycles. The minimum Gasteiger partial charge on any atom is -0.507 e. The Morgan fingerprint density at radius 2 is 1.85 bits per heavy atom. The Balaban J connectivity index is 1.71. The van der Waals surface area contributed by atoms with Gasteiger partial charge in [-0.3, -0.25) is 14.5 Å². The summed E-state index contributed by atoms with van der Waals surface area (Å²) in [6.07, 6.45) is 1.50. The Kier molecular flexibility index (Phi) is 5.29. The van der Waals surface area contributed by atoms with Crippen LogP contribution >= 0.6 is 0 Å². The SMILES string of the molecule is COc1cc(C2/C(=C(\O)c3ccc4c(c3)OCCO4)C(=O)C(=O)N2c2ccccn2)ccc1O. The van der Waals surface area contributed by atoms with E-state index in [4.69, 9.17) is 14.2 Å². The fraction of sp³-hybridized carbons (Fsp3) is 0.160. The number of ether oxygens (including phenoxy) is 3. The van der Waals surface area contributed by atoms with Crippen molar-refractivity contribution in [2.75, 3.05) is 25.2 Å². The molecule has 0 spiro atoms. The number of ketones is 1. The van der Waals surface area contributed by atoms with Gasteiger partial charge >= 0.3 is 5.91 Å². The third-order valence-corrected chi connectivity index (χ3v) is 5.68. The molecule has 2 aliphatic rings. The fourth-order valence-electron chi connectivity index (χ4n) is 4.09. The van der Waals surface area contributed by atoms with Crippen LogP contribution in [0.1, 0.15) is 17.2 Å². The van der Waals surface area contributed by atoms with Crippen molar-refractivity contribution in [2.24, 2.45) is 0 Å². The molecule has 0 radical (unpaired) electrons. The van der Waals surface area contributed by atoms with Crippen molar-refractivity contribution in [1.82, 2.24) is 4.98 Å². The molecule has 1 unspecified atom stereocenters. The van der Waals surface area contributed by atoms with Crippen LogP contribution in [-0.2, 0) is 9.59 Å². The first kappa shape index (κ1) is 21.3. The molecule has 172 valence electrons. The van der Waals surface area contributed by atoms with E-state index in [0.29, 0.717) is 35.8 Å². The summed E-state index contributed by atoms with van der Waals surface area (Å²) in [4.78, 5) is 31.8. The van der Waals surface area contributed by atoms with E-state index >= 15 is 0 Å². The molecule has 1 atom stereocenters. The number of hydrogen-bond donors (Lipinski definition) is 2. The summed E-state index contributed by atoms with van der Waals surface area (Å²) in [7, 11) is 1.39. The molecule has 3 aromatic rings. The van der Waals surface area contributed by atoms with Crippen LogP contribution < -0.4 is 19.1 Å². The zero-order chi connectivity index (χ0) is 23.8. The van der Waals surface area contributed by atoms with Crippen molar-refractivity contribution in [2.45, 2.75) is 6.04 Å². The summed E-state index contributed by atoms with van der Waals surface area (Å²) in [5, 5.41) is 21.3. The zero-order valence-electron chi connectivity index (χ0n) is 18.1. The molecule has 0 aliphatic carbocycles. The minimum absolute atomic E-state index is 0.104. The highest BCUT2D eigenvalue weighted by Crippen LogP contribution is 2.44. The molecular weight excluding hydrogens is 440 g/mol. The first-order chi connectivity index (χ1) is 16.5. The zero-order valence-corrected chi connectivity index (χ0v) is 18.1. The lowest BCUT2D eigenvalue weighted by atomic mass is 9.94. The molecule has 5 rings (SSSR count). The number of benzene rings is 2. The first-order valence-corrected chi connectivity index (χ1v) is 10.5. The van der Waals surface area contributed by atoms with Crippen LogP contribution in [0, 0.1) is 0 Å². The van der Waals surface area contributed by atoms with Gasteiger partial charge in [-0.15, -0.1) is 0 Å². The highest BCUT2D eigenvalue weighted by Gasteiger charge is 2.47. The third-order valence-electron chi connectivity index (χ3n) is 5.68. The topological polar surface area (TPSA) is 118 Å². The van der Waals surface area contributed by atoms with E-state index in [1.165, 1.54) is 30.3 Å². The molecule has 0 saturated carbocycles. The highest BCUT2D eigenvalue weighted by molar-refractivity contribution is 6.51. The second-order valence-corrected chi connectivity index (χ2v) is 7.65. The van der Waals surface area contributed by atoms with E-state index in [1.807, 2.05) is 0 Å². The number of phenolic OH excluding ortho intramolecular Hbond substituents is 1. The number of phenols is 1. The summed E-state index contributed by atoms with van der Waals surface area (Å²) >= 11 is 0. The number of methoxy groups -OCH3 is 1. The van der Waals surface area contributed by atoms with Gasteiger partial charge in [-0.05, 0) is 48.0 Å². The number of Topliss-reactive ketones (excluding diaryl/α,β-unsaturated/α-hetero) is 1. The Bertz CT molecular complexity index is 1320. The molecule has 34 heavy (non-hydrogen) atoms. The normalized spacial score (nSPS) is 18.7. The minimum atomic E-state index is -1.02. The van der Waals surface area contributed by atoms with Gasteiger partial charge in [0.2, 0.25) is 0 Å². The maximum absolute atomic E-state index is 13.2. The van der Waals surface area contributed by atoms with Crippen LogP contribution in [0.3, 0.4) is 0 Å². The van der Waals surface area contributed by atoms with Crippen LogP contribution in [0.25, 0.3) is 5.76 Å². The van der Waals surface area contributed by atoms with Crippen molar-refractivity contribution in [3.8, 4) is 23.0 Å². The van der Waals surface area contributed by atoms with E-state index < -0.39 is 17.7 Å². The number of hydrogen-bond acceptors (Lipinski definition) is 8. The predicted molar refractivity (Wildman–Crippen MR) is 121 cm³/mol. The number of nitrogens with zero attached hydrogens (tertiary/aromatic N) is 2. The Labute approximate surface area is 194 Å². The Hall–Kier alpha value is -4.53. The number of carbonyl (C=O) groups excluding carboxylic acids is 2. The van der Waals surface area contributed by atoms with Crippen LogP contribution in [0.2, 0.25) is 0 Å². The van der Waals surface area contributed by atoms with Gasteiger partial charge in [-0.1, -0.05) is 12.1 Å². The summed E-state index contributed by atoms with van der Waals surface area (Å²) in [5.41, 5.74) is 0.609. The van der Waals surface area contributed by atoms with Crippen molar-refractivity contribution in [3.63, 3.8) is 0 Å². The third kappa shape index (κ3) is 3.47. The van der Waals surface area contributed by atoms with Gasteiger partial charge in [0.1, 0.15) is 24.8 Å².